The molecule has 98 valence electrons. The maximum absolute atomic E-state index is 12.3. The number of benzene rings is 1. The van der Waals surface area contributed by atoms with Crippen molar-refractivity contribution in [3.8, 4) is 0 Å². The number of rotatable bonds is 2. The van der Waals surface area contributed by atoms with Gasteiger partial charge in [0.1, 0.15) is 0 Å². The third kappa shape index (κ3) is 3.21. The van der Waals surface area contributed by atoms with Crippen LogP contribution in [0.15, 0.2) is 23.1 Å². The molecule has 0 heterocycles. The molecule has 0 bridgehead atoms. The summed E-state index contributed by atoms with van der Waals surface area (Å²) in [4.78, 5) is 13.0. The van der Waals surface area contributed by atoms with Crippen LogP contribution < -0.4 is 5.32 Å². The van der Waals surface area contributed by atoms with E-state index in [0.29, 0.717) is 10.6 Å². The number of thiol groups is 1. The summed E-state index contributed by atoms with van der Waals surface area (Å²) in [6.45, 7) is 2.11. The van der Waals surface area contributed by atoms with Crippen LogP contribution in [0.25, 0.3) is 0 Å². The molecule has 1 aliphatic rings. The number of carbonyl (C=O) groups excluding carboxylic acids is 1. The first kappa shape index (κ1) is 13.8. The second-order valence-electron chi connectivity index (χ2n) is 5.24. The van der Waals surface area contributed by atoms with Crippen LogP contribution in [0.5, 0.6) is 0 Å². The highest BCUT2D eigenvalue weighted by Gasteiger charge is 2.29. The molecule has 0 saturated heterocycles. The van der Waals surface area contributed by atoms with Crippen molar-refractivity contribution in [3.05, 3.63) is 28.8 Å². The van der Waals surface area contributed by atoms with E-state index in [9.17, 15) is 4.79 Å². The van der Waals surface area contributed by atoms with Crippen LogP contribution in [-0.4, -0.2) is 11.4 Å². The molecule has 0 atom stereocenters. The van der Waals surface area contributed by atoms with Crippen molar-refractivity contribution in [1.29, 1.82) is 0 Å². The molecule has 18 heavy (non-hydrogen) atoms. The molecule has 0 radical (unpaired) electrons. The molecule has 1 fully saturated rings. The van der Waals surface area contributed by atoms with Gasteiger partial charge in [-0.2, -0.15) is 0 Å². The van der Waals surface area contributed by atoms with Crippen molar-refractivity contribution >= 4 is 30.1 Å². The van der Waals surface area contributed by atoms with Crippen molar-refractivity contribution < 1.29 is 4.79 Å². The molecule has 4 heteroatoms. The van der Waals surface area contributed by atoms with Gasteiger partial charge in [0.25, 0.3) is 5.91 Å². The number of carbonyl (C=O) groups is 1. The van der Waals surface area contributed by atoms with Gasteiger partial charge in [0, 0.05) is 10.4 Å². The summed E-state index contributed by atoms with van der Waals surface area (Å²) in [6, 6.07) is 5.21. The largest absolute Gasteiger partial charge is 0.347 e. The van der Waals surface area contributed by atoms with Crippen molar-refractivity contribution in [2.45, 2.75) is 49.5 Å². The summed E-state index contributed by atoms with van der Waals surface area (Å²) >= 11 is 10.3. The van der Waals surface area contributed by atoms with Gasteiger partial charge in [-0.1, -0.05) is 30.9 Å². The molecule has 2 rings (SSSR count). The van der Waals surface area contributed by atoms with E-state index in [1.807, 2.05) is 0 Å². The van der Waals surface area contributed by atoms with E-state index in [0.717, 1.165) is 17.7 Å². The number of nitrogens with one attached hydrogen (secondary N) is 1. The Kier molecular flexibility index (Phi) is 4.23. The number of amides is 1. The minimum atomic E-state index is -0.0969. The summed E-state index contributed by atoms with van der Waals surface area (Å²) in [5.41, 5.74) is 0.418. The van der Waals surface area contributed by atoms with E-state index in [-0.39, 0.29) is 11.4 Å². The Morgan fingerprint density at radius 3 is 2.67 bits per heavy atom. The van der Waals surface area contributed by atoms with Gasteiger partial charge >= 0.3 is 0 Å². The minimum absolute atomic E-state index is 0.0920. The molecule has 1 saturated carbocycles. The lowest BCUT2D eigenvalue weighted by Gasteiger charge is -2.34. The van der Waals surface area contributed by atoms with Crippen molar-refractivity contribution in [2.75, 3.05) is 0 Å². The standard InChI is InChI=1S/C14H18ClNOS/c1-14(7-3-2-4-8-14)16-13(17)11-9-10(18)5-6-12(11)15/h5-6,9,18H,2-4,7-8H2,1H3,(H,16,17). The molecule has 2 nitrogen and oxygen atoms in total. The molecule has 1 aromatic rings. The molecule has 1 N–H and O–H groups in total. The zero-order valence-electron chi connectivity index (χ0n) is 10.5. The van der Waals surface area contributed by atoms with Crippen molar-refractivity contribution in [2.24, 2.45) is 0 Å². The fourth-order valence-electron chi connectivity index (χ4n) is 2.49. The molecule has 0 aromatic heterocycles. The molecule has 1 amide bonds. The lowest BCUT2D eigenvalue weighted by molar-refractivity contribution is 0.0882. The van der Waals surface area contributed by atoms with Gasteiger partial charge in [-0.3, -0.25) is 4.79 Å². The van der Waals surface area contributed by atoms with Crippen LogP contribution in [0.4, 0.5) is 0 Å². The SMILES string of the molecule is CC1(NC(=O)c2cc(S)ccc2Cl)CCCCC1. The van der Waals surface area contributed by atoms with Gasteiger partial charge in [-0.05, 0) is 38.0 Å². The lowest BCUT2D eigenvalue weighted by atomic mass is 9.83. The minimum Gasteiger partial charge on any atom is -0.347 e. The topological polar surface area (TPSA) is 29.1 Å². The molecular formula is C14H18ClNOS. The van der Waals surface area contributed by atoms with Crippen LogP contribution >= 0.6 is 24.2 Å². The van der Waals surface area contributed by atoms with E-state index in [2.05, 4.69) is 24.9 Å². The molecule has 1 aromatic carbocycles. The van der Waals surface area contributed by atoms with Crippen molar-refractivity contribution in [1.82, 2.24) is 5.32 Å². The predicted molar refractivity (Wildman–Crippen MR) is 77.7 cm³/mol. The van der Waals surface area contributed by atoms with Crippen LogP contribution in [0.3, 0.4) is 0 Å². The predicted octanol–water partition coefficient (Wildman–Crippen LogP) is 4.08. The Balaban J connectivity index is 2.14. The van der Waals surface area contributed by atoms with Gasteiger partial charge in [0.05, 0.1) is 10.6 Å². The van der Waals surface area contributed by atoms with Crippen LogP contribution in [0.1, 0.15) is 49.4 Å². The summed E-state index contributed by atoms with van der Waals surface area (Å²) in [6.07, 6.45) is 5.69. The molecule has 1 aliphatic carbocycles. The summed E-state index contributed by atoms with van der Waals surface area (Å²) in [5.74, 6) is -0.0969. The van der Waals surface area contributed by atoms with Gasteiger partial charge in [0.15, 0.2) is 0 Å². The van der Waals surface area contributed by atoms with Crippen LogP contribution in [-0.2, 0) is 0 Å². The molecule has 0 unspecified atom stereocenters. The van der Waals surface area contributed by atoms with Crippen molar-refractivity contribution in [3.63, 3.8) is 0 Å². The van der Waals surface area contributed by atoms with Gasteiger partial charge in [0.2, 0.25) is 0 Å². The maximum Gasteiger partial charge on any atom is 0.253 e. The first-order valence-corrected chi connectivity index (χ1v) is 7.14. The number of halogens is 1. The molecule has 0 spiro atoms. The monoisotopic (exact) mass is 283 g/mol. The summed E-state index contributed by atoms with van der Waals surface area (Å²) in [5, 5.41) is 3.60. The van der Waals surface area contributed by atoms with E-state index in [1.54, 1.807) is 18.2 Å². The fourth-order valence-corrected chi connectivity index (χ4v) is 2.89. The average molecular weight is 284 g/mol. The van der Waals surface area contributed by atoms with E-state index in [4.69, 9.17) is 11.6 Å². The molecular weight excluding hydrogens is 266 g/mol. The quantitative estimate of drug-likeness (QED) is 0.787. The second-order valence-corrected chi connectivity index (χ2v) is 6.16. The van der Waals surface area contributed by atoms with Gasteiger partial charge in [-0.15, -0.1) is 12.6 Å². The first-order chi connectivity index (χ1) is 8.50. The maximum atomic E-state index is 12.3. The van der Waals surface area contributed by atoms with Gasteiger partial charge in [-0.25, -0.2) is 0 Å². The Bertz CT molecular complexity index is 455. The highest BCUT2D eigenvalue weighted by atomic mass is 35.5. The normalized spacial score (nSPS) is 18.4. The van der Waals surface area contributed by atoms with Crippen LogP contribution in [0, 0.1) is 0 Å². The Labute approximate surface area is 119 Å². The van der Waals surface area contributed by atoms with E-state index >= 15 is 0 Å². The smallest absolute Gasteiger partial charge is 0.253 e. The third-order valence-electron chi connectivity index (χ3n) is 3.57. The van der Waals surface area contributed by atoms with Gasteiger partial charge < -0.3 is 5.32 Å². The second kappa shape index (κ2) is 5.54. The lowest BCUT2D eigenvalue weighted by Crippen LogP contribution is -2.47. The van der Waals surface area contributed by atoms with E-state index in [1.165, 1.54) is 19.3 Å². The highest BCUT2D eigenvalue weighted by Crippen LogP contribution is 2.28. The number of hydrogen-bond donors (Lipinski definition) is 2. The zero-order chi connectivity index (χ0) is 13.2. The Hall–Kier alpha value is -0.670. The Morgan fingerprint density at radius 1 is 1.33 bits per heavy atom. The van der Waals surface area contributed by atoms with E-state index < -0.39 is 0 Å². The van der Waals surface area contributed by atoms with Crippen LogP contribution in [0.2, 0.25) is 5.02 Å². The summed E-state index contributed by atoms with van der Waals surface area (Å²) in [7, 11) is 0. The molecule has 0 aliphatic heterocycles. The first-order valence-electron chi connectivity index (χ1n) is 6.31. The average Bonchev–Trinajstić information content (AvgIpc) is 2.32. The highest BCUT2D eigenvalue weighted by molar-refractivity contribution is 7.80. The number of hydrogen-bond acceptors (Lipinski definition) is 2. The zero-order valence-corrected chi connectivity index (χ0v) is 12.2. The third-order valence-corrected chi connectivity index (χ3v) is 4.17. The Morgan fingerprint density at radius 2 is 2.00 bits per heavy atom. The fraction of sp³-hybridized carbons (Fsp3) is 0.500. The summed E-state index contributed by atoms with van der Waals surface area (Å²) < 4.78 is 0.